The van der Waals surface area contributed by atoms with Crippen molar-refractivity contribution >= 4 is 5.69 Å². The van der Waals surface area contributed by atoms with Gasteiger partial charge in [0.15, 0.2) is 5.82 Å². The smallest absolute Gasteiger partial charge is 0.165 e. The fourth-order valence-corrected chi connectivity index (χ4v) is 2.46. The first kappa shape index (κ1) is 15.0. The number of nitrogens with zero attached hydrogens (tertiary/aromatic N) is 7. The Morgan fingerprint density at radius 1 is 1.08 bits per heavy atom. The van der Waals surface area contributed by atoms with Crippen LogP contribution in [0.5, 0.6) is 0 Å². The van der Waals surface area contributed by atoms with E-state index in [0.717, 1.165) is 28.5 Å². The van der Waals surface area contributed by atoms with E-state index in [1.54, 1.807) is 29.7 Å². The largest absolute Gasteiger partial charge is 0.378 e. The number of aromatic nitrogens is 7. The average Bonchev–Trinajstić information content (AvgIpc) is 3.30. The Morgan fingerprint density at radius 2 is 1.96 bits per heavy atom. The van der Waals surface area contributed by atoms with Crippen LogP contribution in [-0.2, 0) is 13.6 Å². The van der Waals surface area contributed by atoms with Crippen LogP contribution in [0.15, 0.2) is 61.3 Å². The predicted octanol–water partition coefficient (Wildman–Crippen LogP) is 2.07. The van der Waals surface area contributed by atoms with E-state index in [-0.39, 0.29) is 0 Å². The Labute approximate surface area is 144 Å². The van der Waals surface area contributed by atoms with E-state index < -0.39 is 0 Å². The summed E-state index contributed by atoms with van der Waals surface area (Å²) in [6.07, 6.45) is 6.94. The minimum Gasteiger partial charge on any atom is -0.378 e. The van der Waals surface area contributed by atoms with Gasteiger partial charge in [0.25, 0.3) is 0 Å². The second-order valence-corrected chi connectivity index (χ2v) is 5.54. The van der Waals surface area contributed by atoms with Crippen LogP contribution in [0.4, 0.5) is 5.69 Å². The van der Waals surface area contributed by atoms with Gasteiger partial charge in [0.1, 0.15) is 12.0 Å². The molecule has 0 bridgehead atoms. The molecule has 0 aliphatic heterocycles. The topological polar surface area (TPSA) is 86.3 Å². The van der Waals surface area contributed by atoms with Crippen LogP contribution in [0.3, 0.4) is 0 Å². The molecule has 4 rings (SSSR count). The average molecular weight is 332 g/mol. The molecule has 8 heteroatoms. The number of para-hydroxylation sites is 1. The highest BCUT2D eigenvalue weighted by Crippen LogP contribution is 2.18. The van der Waals surface area contributed by atoms with Gasteiger partial charge in [-0.25, -0.2) is 0 Å². The Morgan fingerprint density at radius 3 is 2.76 bits per heavy atom. The Hall–Kier alpha value is -3.55. The van der Waals surface area contributed by atoms with Crippen molar-refractivity contribution in [3.05, 3.63) is 67.0 Å². The normalized spacial score (nSPS) is 10.8. The molecule has 3 aromatic heterocycles. The van der Waals surface area contributed by atoms with E-state index in [9.17, 15) is 0 Å². The van der Waals surface area contributed by atoms with Crippen molar-refractivity contribution in [2.45, 2.75) is 6.54 Å². The summed E-state index contributed by atoms with van der Waals surface area (Å²) in [6, 6.07) is 11.8. The molecule has 3 heterocycles. The summed E-state index contributed by atoms with van der Waals surface area (Å²) < 4.78 is 1.85. The molecule has 4 aromatic rings. The quantitative estimate of drug-likeness (QED) is 0.602. The van der Waals surface area contributed by atoms with Crippen LogP contribution in [0, 0.1) is 0 Å². The third-order valence-corrected chi connectivity index (χ3v) is 3.71. The fraction of sp³-hybridized carbons (Fsp3) is 0.118. The molecule has 0 saturated heterocycles. The van der Waals surface area contributed by atoms with E-state index >= 15 is 0 Å². The molecule has 0 fully saturated rings. The molecule has 1 aromatic carbocycles. The second-order valence-electron chi connectivity index (χ2n) is 5.54. The van der Waals surface area contributed by atoms with Crippen LogP contribution in [-0.4, -0.2) is 34.7 Å². The number of hydrogen-bond acceptors (Lipinski definition) is 6. The van der Waals surface area contributed by atoms with Gasteiger partial charge in [0.05, 0.1) is 24.1 Å². The zero-order valence-corrected chi connectivity index (χ0v) is 13.6. The molecule has 0 radical (unpaired) electrons. The van der Waals surface area contributed by atoms with Crippen LogP contribution >= 0.6 is 0 Å². The maximum absolute atomic E-state index is 4.48. The number of hydrogen-bond donors (Lipinski definition) is 1. The second kappa shape index (κ2) is 6.52. The van der Waals surface area contributed by atoms with Crippen LogP contribution in [0.25, 0.3) is 17.1 Å². The molecule has 0 amide bonds. The molecule has 8 nitrogen and oxygen atoms in total. The standard InChI is InChI=1S/C17H16N8/c1-24-12-20-22-17(24)13-7-14(9-18-8-13)19-10-15-11-21-25(23-15)16-5-3-2-4-6-16/h2-9,11-12,19H,10H2,1H3. The zero-order valence-electron chi connectivity index (χ0n) is 13.6. The Balaban J connectivity index is 1.47. The van der Waals surface area contributed by atoms with Gasteiger partial charge >= 0.3 is 0 Å². The highest BCUT2D eigenvalue weighted by molar-refractivity contribution is 5.60. The first-order valence-corrected chi connectivity index (χ1v) is 7.79. The number of nitrogens with one attached hydrogen (secondary N) is 1. The fourth-order valence-electron chi connectivity index (χ4n) is 2.46. The Kier molecular flexibility index (Phi) is 3.91. The predicted molar refractivity (Wildman–Crippen MR) is 92.9 cm³/mol. The molecule has 25 heavy (non-hydrogen) atoms. The van der Waals surface area contributed by atoms with Crippen molar-refractivity contribution in [3.63, 3.8) is 0 Å². The summed E-state index contributed by atoms with van der Waals surface area (Å²) in [5, 5.41) is 20.1. The third kappa shape index (κ3) is 3.23. The number of benzene rings is 1. The Bertz CT molecular complexity index is 973. The number of rotatable bonds is 5. The lowest BCUT2D eigenvalue weighted by molar-refractivity contribution is 0.740. The lowest BCUT2D eigenvalue weighted by atomic mass is 10.2. The maximum Gasteiger partial charge on any atom is 0.165 e. The van der Waals surface area contributed by atoms with Gasteiger partial charge in [-0.05, 0) is 18.2 Å². The number of anilines is 1. The van der Waals surface area contributed by atoms with Crippen molar-refractivity contribution in [1.82, 2.24) is 34.7 Å². The van der Waals surface area contributed by atoms with Gasteiger partial charge in [0.2, 0.25) is 0 Å². The van der Waals surface area contributed by atoms with Crippen LogP contribution < -0.4 is 5.32 Å². The van der Waals surface area contributed by atoms with Crippen molar-refractivity contribution < 1.29 is 0 Å². The van der Waals surface area contributed by atoms with Crippen LogP contribution in [0.2, 0.25) is 0 Å². The number of aryl methyl sites for hydroxylation is 1. The molecule has 0 atom stereocenters. The minimum atomic E-state index is 0.552. The van der Waals surface area contributed by atoms with Crippen molar-refractivity contribution in [2.75, 3.05) is 5.32 Å². The highest BCUT2D eigenvalue weighted by atomic mass is 15.5. The summed E-state index contributed by atoms with van der Waals surface area (Å²) >= 11 is 0. The van der Waals surface area contributed by atoms with Crippen molar-refractivity contribution in [2.24, 2.45) is 7.05 Å². The molecular weight excluding hydrogens is 316 g/mol. The summed E-state index contributed by atoms with van der Waals surface area (Å²) in [6.45, 7) is 0.552. The molecule has 0 unspecified atom stereocenters. The van der Waals surface area contributed by atoms with Gasteiger partial charge in [-0.15, -0.1) is 10.2 Å². The van der Waals surface area contributed by atoms with Crippen molar-refractivity contribution in [3.8, 4) is 17.1 Å². The van der Waals surface area contributed by atoms with Crippen molar-refractivity contribution in [1.29, 1.82) is 0 Å². The van der Waals surface area contributed by atoms with E-state index in [4.69, 9.17) is 0 Å². The van der Waals surface area contributed by atoms with E-state index in [0.29, 0.717) is 6.54 Å². The highest BCUT2D eigenvalue weighted by Gasteiger charge is 2.07. The summed E-state index contributed by atoms with van der Waals surface area (Å²) in [7, 11) is 1.90. The molecule has 0 spiro atoms. The molecule has 124 valence electrons. The first-order valence-electron chi connectivity index (χ1n) is 7.79. The summed E-state index contributed by atoms with van der Waals surface area (Å²) in [5.74, 6) is 0.770. The monoisotopic (exact) mass is 332 g/mol. The van der Waals surface area contributed by atoms with E-state index in [2.05, 4.69) is 30.7 Å². The molecule has 0 aliphatic rings. The molecule has 1 N–H and O–H groups in total. The van der Waals surface area contributed by atoms with E-state index in [1.165, 1.54) is 0 Å². The third-order valence-electron chi connectivity index (χ3n) is 3.71. The van der Waals surface area contributed by atoms with E-state index in [1.807, 2.05) is 48.0 Å². The van der Waals surface area contributed by atoms with Gasteiger partial charge in [-0.3, -0.25) is 4.98 Å². The molecule has 0 aliphatic carbocycles. The first-order chi connectivity index (χ1) is 12.3. The lowest BCUT2D eigenvalue weighted by Gasteiger charge is -2.06. The maximum atomic E-state index is 4.48. The summed E-state index contributed by atoms with van der Waals surface area (Å²) in [4.78, 5) is 5.88. The SMILES string of the molecule is Cn1cnnc1-c1cncc(NCc2cnn(-c3ccccc3)n2)c1. The molecule has 0 saturated carbocycles. The van der Waals surface area contributed by atoms with Crippen LogP contribution in [0.1, 0.15) is 5.69 Å². The zero-order chi connectivity index (χ0) is 17.1. The van der Waals surface area contributed by atoms with Gasteiger partial charge in [0, 0.05) is 25.0 Å². The van der Waals surface area contributed by atoms with Gasteiger partial charge in [-0.2, -0.15) is 15.0 Å². The lowest BCUT2D eigenvalue weighted by Crippen LogP contribution is -2.03. The van der Waals surface area contributed by atoms with Gasteiger partial charge < -0.3 is 9.88 Å². The summed E-state index contributed by atoms with van der Waals surface area (Å²) in [5.41, 5.74) is 3.56. The number of pyridine rings is 1. The van der Waals surface area contributed by atoms with Gasteiger partial charge in [-0.1, -0.05) is 18.2 Å². The minimum absolute atomic E-state index is 0.552. The molecular formula is C17H16N8.